The molecule has 0 aliphatic heterocycles. The van der Waals surface area contributed by atoms with E-state index in [-0.39, 0.29) is 6.04 Å². The molecule has 13 aromatic rings. The minimum atomic E-state index is 0.0872. The molecule has 11 aromatic carbocycles. The lowest BCUT2D eigenvalue weighted by Gasteiger charge is -2.34. The molecule has 1 aliphatic carbocycles. The molecule has 14 rings (SSSR count). The number of rotatable bonds is 9. The molecule has 4 nitrogen and oxygen atoms in total. The van der Waals surface area contributed by atoms with Crippen molar-refractivity contribution in [3.63, 3.8) is 0 Å². The van der Waals surface area contributed by atoms with E-state index in [1.807, 2.05) is 0 Å². The highest BCUT2D eigenvalue weighted by molar-refractivity contribution is 6.21. The topological polar surface area (TPSA) is 16.3 Å². The van der Waals surface area contributed by atoms with Crippen LogP contribution in [-0.2, 0) is 0 Å². The maximum atomic E-state index is 2.52. The number of benzene rings is 11. The van der Waals surface area contributed by atoms with E-state index in [0.29, 0.717) is 0 Å². The third kappa shape index (κ3) is 6.75. The van der Waals surface area contributed by atoms with E-state index in [0.717, 1.165) is 29.2 Å². The quantitative estimate of drug-likeness (QED) is 0.134. The Morgan fingerprint density at radius 2 is 0.750 bits per heavy atom. The Hall–Kier alpha value is -9.38. The number of hydrogen-bond donors (Lipinski definition) is 0. The minimum absolute atomic E-state index is 0.0872. The van der Waals surface area contributed by atoms with E-state index in [1.54, 1.807) is 0 Å². The molecule has 72 heavy (non-hydrogen) atoms. The Bertz CT molecular complexity index is 4190. The molecule has 0 saturated heterocycles. The number of para-hydroxylation sites is 6. The van der Waals surface area contributed by atoms with Gasteiger partial charge in [0.15, 0.2) is 0 Å². The molecule has 0 N–H and O–H groups in total. The number of aromatic nitrogens is 2. The first-order valence-electron chi connectivity index (χ1n) is 25.0. The van der Waals surface area contributed by atoms with Gasteiger partial charge in [-0.1, -0.05) is 176 Å². The summed E-state index contributed by atoms with van der Waals surface area (Å²) < 4.78 is 4.78. The second-order valence-electron chi connectivity index (χ2n) is 18.8. The van der Waals surface area contributed by atoms with Gasteiger partial charge in [-0.25, -0.2) is 0 Å². The molecular formula is C68H48N4. The van der Waals surface area contributed by atoms with E-state index < -0.39 is 0 Å². The van der Waals surface area contributed by atoms with Gasteiger partial charge in [-0.05, 0) is 125 Å². The molecule has 340 valence electrons. The molecule has 0 bridgehead atoms. The Kier molecular flexibility index (Phi) is 9.95. The Balaban J connectivity index is 0.902. The van der Waals surface area contributed by atoms with Crippen LogP contribution in [0.1, 0.15) is 12.0 Å². The summed E-state index contributed by atoms with van der Waals surface area (Å²) in [6.45, 7) is 0. The normalized spacial score (nSPS) is 13.7. The van der Waals surface area contributed by atoms with Gasteiger partial charge in [-0.2, -0.15) is 0 Å². The fourth-order valence-corrected chi connectivity index (χ4v) is 11.7. The summed E-state index contributed by atoms with van der Waals surface area (Å²) >= 11 is 0. The SMILES string of the molecule is C1=CC(N(c2ccccc2)c2ccc3c(c2)c2ccccc2n3-c2ccccc2)CC=C1c1c2ccccc2c(N(c2ccccc2)c2ccc3c(c2)c2ccccc2n3-c2ccccc2)c2ccccc12. The van der Waals surface area contributed by atoms with Crippen molar-refractivity contribution in [2.45, 2.75) is 12.5 Å². The lowest BCUT2D eigenvalue weighted by atomic mass is 9.87. The third-order valence-electron chi connectivity index (χ3n) is 14.8. The first-order valence-corrected chi connectivity index (χ1v) is 25.0. The maximum absolute atomic E-state index is 2.52. The van der Waals surface area contributed by atoms with Gasteiger partial charge in [0.05, 0.1) is 33.8 Å². The minimum Gasteiger partial charge on any atom is -0.334 e. The molecular weight excluding hydrogens is 873 g/mol. The average molecular weight is 921 g/mol. The van der Waals surface area contributed by atoms with E-state index in [4.69, 9.17) is 0 Å². The second-order valence-corrected chi connectivity index (χ2v) is 18.8. The van der Waals surface area contributed by atoms with Gasteiger partial charge in [-0.15, -0.1) is 0 Å². The van der Waals surface area contributed by atoms with Gasteiger partial charge in [0.1, 0.15) is 0 Å². The van der Waals surface area contributed by atoms with Crippen molar-refractivity contribution in [1.29, 1.82) is 0 Å². The van der Waals surface area contributed by atoms with Gasteiger partial charge < -0.3 is 18.9 Å². The average Bonchev–Trinajstić information content (AvgIpc) is 3.97. The molecule has 1 atom stereocenters. The van der Waals surface area contributed by atoms with Crippen LogP contribution in [0.4, 0.5) is 28.4 Å². The van der Waals surface area contributed by atoms with Crippen molar-refractivity contribution >= 4 is 99.2 Å². The summed E-state index contributed by atoms with van der Waals surface area (Å²) in [6.07, 6.45) is 8.11. The van der Waals surface area contributed by atoms with Crippen molar-refractivity contribution in [2.24, 2.45) is 0 Å². The monoisotopic (exact) mass is 920 g/mol. The summed E-state index contributed by atoms with van der Waals surface area (Å²) in [4.78, 5) is 5.00. The van der Waals surface area contributed by atoms with Crippen LogP contribution < -0.4 is 9.80 Å². The van der Waals surface area contributed by atoms with Crippen LogP contribution in [0.5, 0.6) is 0 Å². The van der Waals surface area contributed by atoms with Crippen LogP contribution in [0.2, 0.25) is 0 Å². The number of anilines is 5. The molecule has 0 spiro atoms. The first-order chi connectivity index (χ1) is 35.8. The number of fused-ring (bicyclic) bond motifs is 8. The third-order valence-corrected chi connectivity index (χ3v) is 14.8. The predicted octanol–water partition coefficient (Wildman–Crippen LogP) is 18.2. The van der Waals surface area contributed by atoms with E-state index in [1.165, 1.54) is 93.4 Å². The fraction of sp³-hybridized carbons (Fsp3) is 0.0294. The van der Waals surface area contributed by atoms with Gasteiger partial charge in [0.2, 0.25) is 0 Å². The van der Waals surface area contributed by atoms with E-state index in [2.05, 4.69) is 292 Å². The fourth-order valence-electron chi connectivity index (χ4n) is 11.7. The highest BCUT2D eigenvalue weighted by Crippen LogP contribution is 2.49. The molecule has 2 aromatic heterocycles. The summed E-state index contributed by atoms with van der Waals surface area (Å²) in [5.41, 5.74) is 15.3. The van der Waals surface area contributed by atoms with Gasteiger partial charge in [0, 0.05) is 66.4 Å². The van der Waals surface area contributed by atoms with Crippen LogP contribution in [0, 0.1) is 0 Å². The van der Waals surface area contributed by atoms with Gasteiger partial charge in [-0.3, -0.25) is 0 Å². The van der Waals surface area contributed by atoms with Crippen molar-refractivity contribution in [1.82, 2.24) is 9.13 Å². The zero-order valence-electron chi connectivity index (χ0n) is 39.6. The molecule has 1 unspecified atom stereocenters. The second kappa shape index (κ2) is 17.2. The number of nitrogens with zero attached hydrogens (tertiary/aromatic N) is 4. The van der Waals surface area contributed by atoms with Crippen LogP contribution in [0.25, 0.3) is 82.1 Å². The lowest BCUT2D eigenvalue weighted by Crippen LogP contribution is -2.30. The molecule has 0 fully saturated rings. The van der Waals surface area contributed by atoms with Gasteiger partial charge in [0.25, 0.3) is 0 Å². The van der Waals surface area contributed by atoms with Crippen LogP contribution in [0.15, 0.2) is 273 Å². The zero-order valence-corrected chi connectivity index (χ0v) is 39.6. The summed E-state index contributed by atoms with van der Waals surface area (Å²) in [6, 6.07) is 92.9. The van der Waals surface area contributed by atoms with Crippen LogP contribution in [-0.4, -0.2) is 15.2 Å². The number of allylic oxidation sites excluding steroid dienone is 2. The van der Waals surface area contributed by atoms with E-state index >= 15 is 0 Å². The standard InChI is InChI=1S/C68H48N4/c1-5-21-48(22-6-1)69(53-41-43-65-61(45-53)55-29-17-19-35-63(55)71(65)50-25-9-3-10-26-50)52-39-37-47(38-40-52)67-57-31-13-15-33-59(57)68(60-34-16-14-32-58(60)67)70(49-23-7-2-8-24-49)54-42-44-66-62(46-54)56-30-18-20-36-64(56)72(66)51-27-11-4-12-28-51/h1-39,41-46,52H,40H2. The molecule has 0 saturated carbocycles. The van der Waals surface area contributed by atoms with Gasteiger partial charge >= 0.3 is 0 Å². The molecule has 4 heteroatoms. The summed E-state index contributed by atoms with van der Waals surface area (Å²) in [5, 5.41) is 9.79. The van der Waals surface area contributed by atoms with Crippen LogP contribution in [0.3, 0.4) is 0 Å². The Morgan fingerprint density at radius 3 is 1.26 bits per heavy atom. The first kappa shape index (κ1) is 41.6. The van der Waals surface area contributed by atoms with E-state index in [9.17, 15) is 0 Å². The van der Waals surface area contributed by atoms with Crippen molar-refractivity contribution in [3.05, 3.63) is 279 Å². The maximum Gasteiger partial charge on any atom is 0.0618 e. The summed E-state index contributed by atoms with van der Waals surface area (Å²) in [7, 11) is 0. The van der Waals surface area contributed by atoms with Crippen molar-refractivity contribution in [2.75, 3.05) is 9.80 Å². The van der Waals surface area contributed by atoms with Crippen molar-refractivity contribution < 1.29 is 0 Å². The highest BCUT2D eigenvalue weighted by Gasteiger charge is 2.27. The largest absolute Gasteiger partial charge is 0.334 e. The molecule has 0 radical (unpaired) electrons. The molecule has 0 amide bonds. The Morgan fingerprint density at radius 1 is 0.333 bits per heavy atom. The smallest absolute Gasteiger partial charge is 0.0618 e. The summed E-state index contributed by atoms with van der Waals surface area (Å²) in [5.74, 6) is 0. The van der Waals surface area contributed by atoms with Crippen molar-refractivity contribution in [3.8, 4) is 11.4 Å². The zero-order chi connectivity index (χ0) is 47.5. The predicted molar refractivity (Wildman–Crippen MR) is 305 cm³/mol. The Labute approximate surface area is 418 Å². The highest BCUT2D eigenvalue weighted by atomic mass is 15.2. The molecule has 1 aliphatic rings. The molecule has 2 heterocycles. The number of hydrogen-bond acceptors (Lipinski definition) is 2. The lowest BCUT2D eigenvalue weighted by molar-refractivity contribution is 0.788. The van der Waals surface area contributed by atoms with Crippen LogP contribution >= 0.6 is 0 Å².